The molecule has 0 bridgehead atoms. The normalized spacial score (nSPS) is 13.8. The van der Waals surface area contributed by atoms with Crippen molar-refractivity contribution in [3.63, 3.8) is 0 Å². The van der Waals surface area contributed by atoms with Crippen molar-refractivity contribution in [1.29, 1.82) is 0 Å². The number of nitrogens with two attached hydrogens (primary N) is 1. The van der Waals surface area contributed by atoms with Crippen molar-refractivity contribution in [1.82, 2.24) is 15.0 Å². The highest BCUT2D eigenvalue weighted by atomic mass is 32.2. The maximum absolute atomic E-state index is 14.0. The number of hydrogen-bond donors (Lipinski definition) is 3. The van der Waals surface area contributed by atoms with Gasteiger partial charge in [-0.25, -0.2) is 28.2 Å². The average Bonchev–Trinajstić information content (AvgIpc) is 3.51. The van der Waals surface area contributed by atoms with Gasteiger partial charge in [0.15, 0.2) is 9.90 Å². The van der Waals surface area contributed by atoms with Gasteiger partial charge in [0.1, 0.15) is 16.9 Å². The van der Waals surface area contributed by atoms with Crippen LogP contribution in [0.3, 0.4) is 0 Å². The van der Waals surface area contributed by atoms with Gasteiger partial charge in [0.2, 0.25) is 9.84 Å². The zero-order valence-corrected chi connectivity index (χ0v) is 23.9. The molecule has 0 aliphatic carbocycles. The third-order valence-electron chi connectivity index (χ3n) is 6.64. The Labute approximate surface area is 238 Å². The number of unbranched alkanes of at least 4 members (excludes halogenated alkanes) is 3. The summed E-state index contributed by atoms with van der Waals surface area (Å²) in [6.45, 7) is 2.09. The number of rotatable bonds is 14. The summed E-state index contributed by atoms with van der Waals surface area (Å²) < 4.78 is 28.0. The van der Waals surface area contributed by atoms with Crippen LogP contribution in [-0.2, 0) is 25.9 Å². The third-order valence-corrected chi connectivity index (χ3v) is 9.57. The predicted molar refractivity (Wildman–Crippen MR) is 157 cm³/mol. The van der Waals surface area contributed by atoms with E-state index < -0.39 is 26.7 Å². The first-order chi connectivity index (χ1) is 19.2. The molecular formula is C29H33N5O4S2. The minimum Gasteiger partial charge on any atom is -0.480 e. The van der Waals surface area contributed by atoms with E-state index in [9.17, 15) is 18.3 Å². The van der Waals surface area contributed by atoms with Crippen LogP contribution in [0.5, 0.6) is 0 Å². The highest BCUT2D eigenvalue weighted by Crippen LogP contribution is 2.34. The number of hydrogen-bond acceptors (Lipinski definition) is 9. The van der Waals surface area contributed by atoms with Crippen LogP contribution in [-0.4, -0.2) is 40.5 Å². The Morgan fingerprint density at radius 3 is 2.48 bits per heavy atom. The number of carboxylic acids is 1. The number of thiazole rings is 1. The average molecular weight is 580 g/mol. The van der Waals surface area contributed by atoms with Crippen LogP contribution in [0.15, 0.2) is 83.5 Å². The molecule has 0 aliphatic rings. The maximum Gasteiger partial charge on any atom is 0.326 e. The summed E-state index contributed by atoms with van der Waals surface area (Å²) in [4.78, 5) is 22.9. The van der Waals surface area contributed by atoms with Crippen molar-refractivity contribution in [3.05, 3.63) is 89.7 Å². The topological polar surface area (TPSA) is 148 Å². The van der Waals surface area contributed by atoms with E-state index in [4.69, 9.17) is 5.73 Å². The molecule has 9 nitrogen and oxygen atoms in total. The van der Waals surface area contributed by atoms with E-state index in [1.807, 2.05) is 29.6 Å². The van der Waals surface area contributed by atoms with Gasteiger partial charge in [-0.05, 0) is 36.2 Å². The van der Waals surface area contributed by atoms with Crippen molar-refractivity contribution in [2.45, 2.75) is 61.4 Å². The Morgan fingerprint density at radius 2 is 1.82 bits per heavy atom. The van der Waals surface area contributed by atoms with Crippen molar-refractivity contribution in [2.75, 3.05) is 5.32 Å². The van der Waals surface area contributed by atoms with E-state index in [0.717, 1.165) is 36.3 Å². The van der Waals surface area contributed by atoms with Gasteiger partial charge in [-0.2, -0.15) is 0 Å². The largest absolute Gasteiger partial charge is 0.480 e. The lowest BCUT2D eigenvalue weighted by atomic mass is 10.0. The summed E-state index contributed by atoms with van der Waals surface area (Å²) in [6.07, 6.45) is 7.24. The standard InChI is InChI=1S/C29H33N5O4S2/c1-2-3-4-5-9-23(28(35)36)33-25-11-8-10-24(34-25)29(30,40(37,38)26-12-6-7-17-31-26)20-21-13-15-22(16-14-21)27-32-18-19-39-27/h6-8,10-19,23H,2-5,9,20,30H2,1H3,(H,33,34)(H,35,36). The highest BCUT2D eigenvalue weighted by Gasteiger charge is 2.45. The number of nitrogens with zero attached hydrogens (tertiary/aromatic N) is 3. The fraction of sp³-hybridized carbons (Fsp3) is 0.310. The summed E-state index contributed by atoms with van der Waals surface area (Å²) in [5.74, 6) is -0.755. The lowest BCUT2D eigenvalue weighted by molar-refractivity contribution is -0.138. The quantitative estimate of drug-likeness (QED) is 0.170. The van der Waals surface area contributed by atoms with Gasteiger partial charge in [0.25, 0.3) is 0 Å². The van der Waals surface area contributed by atoms with Crippen LogP contribution in [0.2, 0.25) is 0 Å². The molecule has 4 rings (SSSR count). The molecule has 0 amide bonds. The van der Waals surface area contributed by atoms with E-state index in [0.29, 0.717) is 12.0 Å². The molecule has 0 saturated heterocycles. The number of aliphatic carboxylic acids is 1. The molecule has 0 spiro atoms. The Balaban J connectivity index is 1.69. The molecule has 1 aromatic carbocycles. The Morgan fingerprint density at radius 1 is 1.02 bits per heavy atom. The molecule has 4 N–H and O–H groups in total. The summed E-state index contributed by atoms with van der Waals surface area (Å²) >= 11 is 1.51. The van der Waals surface area contributed by atoms with Crippen LogP contribution in [0.4, 0.5) is 5.82 Å². The summed E-state index contributed by atoms with van der Waals surface area (Å²) in [7, 11) is -4.24. The van der Waals surface area contributed by atoms with E-state index >= 15 is 0 Å². The van der Waals surface area contributed by atoms with Crippen LogP contribution in [0, 0.1) is 0 Å². The third kappa shape index (κ3) is 6.72. The Kier molecular flexibility index (Phi) is 9.62. The van der Waals surface area contributed by atoms with E-state index in [2.05, 4.69) is 27.2 Å². The zero-order chi connectivity index (χ0) is 28.6. The second kappa shape index (κ2) is 13.1. The highest BCUT2D eigenvalue weighted by molar-refractivity contribution is 7.92. The number of aromatic nitrogens is 3. The van der Waals surface area contributed by atoms with Crippen molar-refractivity contribution in [2.24, 2.45) is 5.73 Å². The molecular weight excluding hydrogens is 546 g/mol. The molecule has 2 unspecified atom stereocenters. The molecule has 0 saturated carbocycles. The molecule has 40 heavy (non-hydrogen) atoms. The van der Waals surface area contributed by atoms with Gasteiger partial charge in [-0.1, -0.05) is 69.0 Å². The smallest absolute Gasteiger partial charge is 0.326 e. The van der Waals surface area contributed by atoms with Gasteiger partial charge >= 0.3 is 5.97 Å². The molecule has 0 fully saturated rings. The number of sulfone groups is 1. The summed E-state index contributed by atoms with van der Waals surface area (Å²) in [6, 6.07) is 16.0. The molecule has 2 atom stereocenters. The van der Waals surface area contributed by atoms with Crippen molar-refractivity contribution in [3.8, 4) is 10.6 Å². The van der Waals surface area contributed by atoms with Gasteiger partial charge in [0.05, 0.1) is 5.69 Å². The molecule has 3 heterocycles. The monoisotopic (exact) mass is 579 g/mol. The predicted octanol–water partition coefficient (Wildman–Crippen LogP) is 5.26. The fourth-order valence-corrected chi connectivity index (χ4v) is 6.63. The number of anilines is 1. The van der Waals surface area contributed by atoms with Gasteiger partial charge in [-0.3, -0.25) is 0 Å². The van der Waals surface area contributed by atoms with Crippen LogP contribution in [0.25, 0.3) is 10.6 Å². The fourth-order valence-electron chi connectivity index (χ4n) is 4.41. The lowest BCUT2D eigenvalue weighted by Gasteiger charge is -2.29. The van der Waals surface area contributed by atoms with Gasteiger partial charge in [-0.15, -0.1) is 11.3 Å². The first-order valence-corrected chi connectivity index (χ1v) is 15.5. The number of carboxylic acid groups (broad SMARTS) is 1. The van der Waals surface area contributed by atoms with E-state index in [1.165, 1.54) is 23.6 Å². The number of nitrogens with one attached hydrogen (secondary N) is 1. The summed E-state index contributed by atoms with van der Waals surface area (Å²) in [5, 5.41) is 15.3. The number of benzene rings is 1. The second-order valence-electron chi connectivity index (χ2n) is 9.56. The van der Waals surface area contributed by atoms with E-state index in [-0.39, 0.29) is 23.0 Å². The first kappa shape index (κ1) is 29.3. The summed E-state index contributed by atoms with van der Waals surface area (Å²) in [5.41, 5.74) is 8.50. The van der Waals surface area contributed by atoms with Crippen LogP contribution < -0.4 is 11.1 Å². The van der Waals surface area contributed by atoms with Crippen molar-refractivity contribution >= 4 is 33.0 Å². The molecule has 11 heteroatoms. The van der Waals surface area contributed by atoms with Crippen LogP contribution in [0.1, 0.15) is 50.3 Å². The number of pyridine rings is 2. The van der Waals surface area contributed by atoms with E-state index in [1.54, 1.807) is 36.5 Å². The number of carbonyl (C=O) groups is 1. The molecule has 3 aromatic heterocycles. The Bertz CT molecular complexity index is 1500. The van der Waals surface area contributed by atoms with Crippen LogP contribution >= 0.6 is 11.3 Å². The molecule has 4 aromatic rings. The first-order valence-electron chi connectivity index (χ1n) is 13.1. The minimum absolute atomic E-state index is 0.0834. The SMILES string of the molecule is CCCCCCC(Nc1cccc(C(N)(Cc2ccc(-c3nccs3)cc2)S(=O)(=O)c2ccccn2)n1)C(=O)O. The maximum atomic E-state index is 14.0. The zero-order valence-electron chi connectivity index (χ0n) is 22.2. The Hall–Kier alpha value is -3.67. The van der Waals surface area contributed by atoms with Gasteiger partial charge in [0, 0.05) is 29.8 Å². The van der Waals surface area contributed by atoms with Gasteiger partial charge < -0.3 is 16.2 Å². The molecule has 0 radical (unpaired) electrons. The lowest BCUT2D eigenvalue weighted by Crippen LogP contribution is -2.48. The minimum atomic E-state index is -4.24. The molecule has 210 valence electrons. The van der Waals surface area contributed by atoms with Crippen molar-refractivity contribution < 1.29 is 18.3 Å². The molecule has 0 aliphatic heterocycles. The second-order valence-corrected chi connectivity index (χ2v) is 12.6.